The maximum absolute atomic E-state index is 13.7. The molecule has 0 aliphatic rings. The van der Waals surface area contributed by atoms with Gasteiger partial charge in [0.25, 0.3) is 0 Å². The molecule has 21 heavy (non-hydrogen) atoms. The Bertz CT molecular complexity index is 574. The van der Waals surface area contributed by atoms with Gasteiger partial charge in [-0.25, -0.2) is 4.39 Å². The molecule has 0 aliphatic heterocycles. The fourth-order valence-electron chi connectivity index (χ4n) is 2.14. The summed E-state index contributed by atoms with van der Waals surface area (Å²) in [6.07, 6.45) is -0.824. The molecule has 0 saturated heterocycles. The van der Waals surface area contributed by atoms with Gasteiger partial charge >= 0.3 is 0 Å². The molecule has 1 aromatic carbocycles. The molecule has 2 N–H and O–H groups in total. The molecule has 0 saturated carbocycles. The zero-order valence-corrected chi connectivity index (χ0v) is 13.3. The molecule has 2 atom stereocenters. The van der Waals surface area contributed by atoms with Crippen LogP contribution < -0.4 is 5.32 Å². The maximum Gasteiger partial charge on any atom is 0.146 e. The minimum atomic E-state index is -0.824. The molecule has 2 aromatic rings. The standard InChI is InChI=1S/C16H21FN2OS/c1-11-6-7-14(13(17)9-11)18-16(20)10-19(3)12(2)15-5-4-8-21-15/h4-9,12,16,18,20H,10H2,1-3H3. The topological polar surface area (TPSA) is 35.5 Å². The fourth-order valence-corrected chi connectivity index (χ4v) is 2.99. The number of hydrogen-bond donors (Lipinski definition) is 2. The Morgan fingerprint density at radius 2 is 2.14 bits per heavy atom. The largest absolute Gasteiger partial charge is 0.372 e. The lowest BCUT2D eigenvalue weighted by Crippen LogP contribution is -2.35. The first kappa shape index (κ1) is 15.9. The van der Waals surface area contributed by atoms with E-state index in [0.717, 1.165) is 5.56 Å². The van der Waals surface area contributed by atoms with Gasteiger partial charge in [0.1, 0.15) is 12.0 Å². The molecular formula is C16H21FN2OS. The van der Waals surface area contributed by atoms with Crippen molar-refractivity contribution in [2.24, 2.45) is 0 Å². The van der Waals surface area contributed by atoms with Crippen LogP contribution in [0.5, 0.6) is 0 Å². The van der Waals surface area contributed by atoms with Crippen LogP contribution in [0.4, 0.5) is 10.1 Å². The molecule has 0 amide bonds. The van der Waals surface area contributed by atoms with Gasteiger partial charge in [-0.05, 0) is 50.0 Å². The molecule has 2 rings (SSSR count). The summed E-state index contributed by atoms with van der Waals surface area (Å²) in [5.41, 5.74) is 1.18. The number of aliphatic hydroxyl groups is 1. The van der Waals surface area contributed by atoms with Crippen molar-refractivity contribution in [2.75, 3.05) is 18.9 Å². The highest BCUT2D eigenvalue weighted by Crippen LogP contribution is 2.23. The second-order valence-electron chi connectivity index (χ2n) is 5.27. The van der Waals surface area contributed by atoms with Gasteiger partial charge in [0.2, 0.25) is 0 Å². The van der Waals surface area contributed by atoms with E-state index in [1.165, 1.54) is 10.9 Å². The van der Waals surface area contributed by atoms with E-state index in [4.69, 9.17) is 0 Å². The third kappa shape index (κ3) is 4.27. The van der Waals surface area contributed by atoms with Crippen molar-refractivity contribution >= 4 is 17.0 Å². The highest BCUT2D eigenvalue weighted by molar-refractivity contribution is 7.10. The van der Waals surface area contributed by atoms with Crippen molar-refractivity contribution in [1.29, 1.82) is 0 Å². The van der Waals surface area contributed by atoms with Crippen LogP contribution in [0.3, 0.4) is 0 Å². The van der Waals surface area contributed by atoms with Gasteiger partial charge in [0.15, 0.2) is 0 Å². The predicted molar refractivity (Wildman–Crippen MR) is 86.1 cm³/mol. The number of likely N-dealkylation sites (N-methyl/N-ethyl adjacent to an activating group) is 1. The molecule has 1 aromatic heterocycles. The van der Waals surface area contributed by atoms with Crippen LogP contribution in [0.2, 0.25) is 0 Å². The number of anilines is 1. The molecule has 0 bridgehead atoms. The molecular weight excluding hydrogens is 287 g/mol. The lowest BCUT2D eigenvalue weighted by Gasteiger charge is -2.27. The van der Waals surface area contributed by atoms with E-state index >= 15 is 0 Å². The number of thiophene rings is 1. The Hall–Kier alpha value is -1.43. The number of benzene rings is 1. The Morgan fingerprint density at radius 1 is 1.38 bits per heavy atom. The first-order valence-corrected chi connectivity index (χ1v) is 7.79. The van der Waals surface area contributed by atoms with Crippen molar-refractivity contribution in [3.63, 3.8) is 0 Å². The number of rotatable bonds is 6. The molecule has 2 unspecified atom stereocenters. The maximum atomic E-state index is 13.7. The van der Waals surface area contributed by atoms with Gasteiger partial charge in [0.05, 0.1) is 5.69 Å². The van der Waals surface area contributed by atoms with Crippen molar-refractivity contribution in [3.05, 3.63) is 52.0 Å². The third-order valence-electron chi connectivity index (χ3n) is 3.52. The molecule has 0 radical (unpaired) electrons. The molecule has 3 nitrogen and oxygen atoms in total. The van der Waals surface area contributed by atoms with Gasteiger partial charge < -0.3 is 10.4 Å². The summed E-state index contributed by atoms with van der Waals surface area (Å²) in [5.74, 6) is -0.344. The van der Waals surface area contributed by atoms with E-state index in [2.05, 4.69) is 18.3 Å². The summed E-state index contributed by atoms with van der Waals surface area (Å²) < 4.78 is 13.7. The average Bonchev–Trinajstić information content (AvgIpc) is 2.95. The van der Waals surface area contributed by atoms with Crippen LogP contribution >= 0.6 is 11.3 Å². The van der Waals surface area contributed by atoms with Crippen molar-refractivity contribution in [3.8, 4) is 0 Å². The number of nitrogens with one attached hydrogen (secondary N) is 1. The number of halogens is 1. The number of hydrogen-bond acceptors (Lipinski definition) is 4. The second kappa shape index (κ2) is 7.02. The van der Waals surface area contributed by atoms with Crippen molar-refractivity contribution in [1.82, 2.24) is 4.90 Å². The minimum Gasteiger partial charge on any atom is -0.372 e. The number of nitrogens with zero attached hydrogens (tertiary/aromatic N) is 1. The second-order valence-corrected chi connectivity index (χ2v) is 6.25. The average molecular weight is 308 g/mol. The molecule has 5 heteroatoms. The first-order valence-electron chi connectivity index (χ1n) is 6.91. The Morgan fingerprint density at radius 3 is 2.76 bits per heavy atom. The van der Waals surface area contributed by atoms with Crippen LogP contribution in [0.15, 0.2) is 35.7 Å². The molecule has 0 spiro atoms. The van der Waals surface area contributed by atoms with Gasteiger partial charge in [-0.1, -0.05) is 12.1 Å². The van der Waals surface area contributed by atoms with Gasteiger partial charge in [-0.3, -0.25) is 4.90 Å². The zero-order valence-electron chi connectivity index (χ0n) is 12.5. The van der Waals surface area contributed by atoms with E-state index in [-0.39, 0.29) is 11.9 Å². The SMILES string of the molecule is Cc1ccc(NC(O)CN(C)C(C)c2cccs2)c(F)c1. The van der Waals surface area contributed by atoms with Crippen LogP contribution in [0.25, 0.3) is 0 Å². The summed E-state index contributed by atoms with van der Waals surface area (Å²) in [7, 11) is 1.95. The summed E-state index contributed by atoms with van der Waals surface area (Å²) in [4.78, 5) is 3.28. The fraction of sp³-hybridized carbons (Fsp3) is 0.375. The number of aryl methyl sites for hydroxylation is 1. The van der Waals surface area contributed by atoms with Crippen LogP contribution in [-0.2, 0) is 0 Å². The van der Waals surface area contributed by atoms with E-state index in [1.54, 1.807) is 17.4 Å². The Kier molecular flexibility index (Phi) is 5.33. The Balaban J connectivity index is 1.93. The van der Waals surface area contributed by atoms with Gasteiger partial charge in [0, 0.05) is 17.5 Å². The summed E-state index contributed by atoms with van der Waals surface area (Å²) in [6, 6.07) is 9.22. The molecule has 114 valence electrons. The molecule has 0 fully saturated rings. The van der Waals surface area contributed by atoms with E-state index in [9.17, 15) is 9.50 Å². The highest BCUT2D eigenvalue weighted by Gasteiger charge is 2.16. The first-order chi connectivity index (χ1) is 9.97. The van der Waals surface area contributed by atoms with Crippen LogP contribution in [0, 0.1) is 12.7 Å². The van der Waals surface area contributed by atoms with Crippen LogP contribution in [-0.4, -0.2) is 29.8 Å². The van der Waals surface area contributed by atoms with Gasteiger partial charge in [-0.2, -0.15) is 0 Å². The van der Waals surface area contributed by atoms with Gasteiger partial charge in [-0.15, -0.1) is 11.3 Å². The van der Waals surface area contributed by atoms with Crippen molar-refractivity contribution < 1.29 is 9.50 Å². The molecule has 1 heterocycles. The van der Waals surface area contributed by atoms with Crippen molar-refractivity contribution in [2.45, 2.75) is 26.1 Å². The lowest BCUT2D eigenvalue weighted by atomic mass is 10.2. The zero-order chi connectivity index (χ0) is 15.4. The summed E-state index contributed by atoms with van der Waals surface area (Å²) >= 11 is 1.69. The quantitative estimate of drug-likeness (QED) is 0.800. The number of aliphatic hydroxyl groups excluding tert-OH is 1. The summed E-state index contributed by atoms with van der Waals surface area (Å²) in [6.45, 7) is 4.33. The Labute approximate surface area is 129 Å². The van der Waals surface area contributed by atoms with E-state index in [1.807, 2.05) is 36.4 Å². The summed E-state index contributed by atoms with van der Waals surface area (Å²) in [5, 5.41) is 14.9. The normalized spacial score (nSPS) is 14.2. The third-order valence-corrected chi connectivity index (χ3v) is 4.57. The monoisotopic (exact) mass is 308 g/mol. The molecule has 0 aliphatic carbocycles. The smallest absolute Gasteiger partial charge is 0.146 e. The minimum absolute atomic E-state index is 0.212. The predicted octanol–water partition coefficient (Wildman–Crippen LogP) is 3.62. The highest BCUT2D eigenvalue weighted by atomic mass is 32.1. The van der Waals surface area contributed by atoms with E-state index < -0.39 is 6.23 Å². The van der Waals surface area contributed by atoms with E-state index in [0.29, 0.717) is 12.2 Å². The van der Waals surface area contributed by atoms with Crippen LogP contribution in [0.1, 0.15) is 23.4 Å². The lowest BCUT2D eigenvalue weighted by molar-refractivity contribution is 0.128.